The van der Waals surface area contributed by atoms with Crippen LogP contribution in [0.2, 0.25) is 0 Å². The van der Waals surface area contributed by atoms with E-state index >= 15 is 0 Å². The van der Waals surface area contributed by atoms with Gasteiger partial charge in [0.15, 0.2) is 0 Å². The van der Waals surface area contributed by atoms with Crippen molar-refractivity contribution in [3.05, 3.63) is 82.4 Å². The highest BCUT2D eigenvalue weighted by Crippen LogP contribution is 2.38. The molecule has 0 N–H and O–H groups in total. The van der Waals surface area contributed by atoms with Gasteiger partial charge < -0.3 is 0 Å². The zero-order valence-electron chi connectivity index (χ0n) is 12.4. The van der Waals surface area contributed by atoms with Crippen molar-refractivity contribution in [2.24, 2.45) is 4.99 Å². The highest BCUT2D eigenvalue weighted by molar-refractivity contribution is 8.02. The summed E-state index contributed by atoms with van der Waals surface area (Å²) in [5, 5.41) is 10.4. The summed E-state index contributed by atoms with van der Waals surface area (Å²) >= 11 is 1.54. The fourth-order valence-electron chi connectivity index (χ4n) is 2.74. The topological polar surface area (TPSA) is 36.1 Å². The molecule has 3 heteroatoms. The van der Waals surface area contributed by atoms with Gasteiger partial charge in [0, 0.05) is 18.1 Å². The molecule has 3 rings (SSSR count). The first-order chi connectivity index (χ1) is 10.8. The van der Waals surface area contributed by atoms with Crippen LogP contribution in [-0.4, -0.2) is 12.0 Å². The summed E-state index contributed by atoms with van der Waals surface area (Å²) in [4.78, 5) is 4.74. The van der Waals surface area contributed by atoms with E-state index in [0.29, 0.717) is 0 Å². The van der Waals surface area contributed by atoms with Gasteiger partial charge in [-0.15, -0.1) is 11.8 Å². The Hall–Kier alpha value is -2.31. The summed E-state index contributed by atoms with van der Waals surface area (Å²) in [6.45, 7) is 0. The van der Waals surface area contributed by atoms with Crippen molar-refractivity contribution >= 4 is 17.5 Å². The third-order valence-electron chi connectivity index (χ3n) is 3.84. The molecule has 2 aromatic rings. The molecule has 1 aliphatic rings. The molecular weight excluding hydrogens is 288 g/mol. The van der Waals surface area contributed by atoms with Crippen LogP contribution in [0.5, 0.6) is 0 Å². The Balaban J connectivity index is 2.08. The van der Waals surface area contributed by atoms with Crippen molar-refractivity contribution in [3.8, 4) is 6.07 Å². The highest BCUT2D eigenvalue weighted by atomic mass is 32.2. The van der Waals surface area contributed by atoms with E-state index in [4.69, 9.17) is 4.99 Å². The molecule has 0 spiro atoms. The molecular formula is C19H16N2S. The summed E-state index contributed by atoms with van der Waals surface area (Å²) in [5.41, 5.74) is 4.14. The molecule has 0 aromatic heterocycles. The Morgan fingerprint density at radius 3 is 2.27 bits per heavy atom. The molecule has 0 radical (unpaired) electrons. The van der Waals surface area contributed by atoms with Crippen molar-refractivity contribution in [2.45, 2.75) is 12.3 Å². The quantitative estimate of drug-likeness (QED) is 0.819. The standard InChI is InChI=1S/C19H16N2S/c1-22-19-17(13-20)16(14-8-4-2-5-9-14)12-18(21-19)15-10-6-3-7-11-15/h2-11,16H,12H2,1H3. The average Bonchev–Trinajstić information content (AvgIpc) is 2.62. The van der Waals surface area contributed by atoms with Gasteiger partial charge >= 0.3 is 0 Å². The van der Waals surface area contributed by atoms with Crippen molar-refractivity contribution in [1.29, 1.82) is 5.26 Å². The van der Waals surface area contributed by atoms with Crippen molar-refractivity contribution in [1.82, 2.24) is 0 Å². The monoisotopic (exact) mass is 304 g/mol. The van der Waals surface area contributed by atoms with E-state index in [-0.39, 0.29) is 5.92 Å². The Morgan fingerprint density at radius 1 is 1.05 bits per heavy atom. The summed E-state index contributed by atoms with van der Waals surface area (Å²) in [5.74, 6) is 0.0846. The van der Waals surface area contributed by atoms with E-state index in [2.05, 4.69) is 30.3 Å². The second kappa shape index (κ2) is 6.64. The van der Waals surface area contributed by atoms with Crippen LogP contribution in [-0.2, 0) is 0 Å². The van der Waals surface area contributed by atoms with Gasteiger partial charge in [0.1, 0.15) is 5.03 Å². The van der Waals surface area contributed by atoms with E-state index in [1.165, 1.54) is 5.56 Å². The Bertz CT molecular complexity index is 755. The number of benzene rings is 2. The summed E-state index contributed by atoms with van der Waals surface area (Å²) in [6.07, 6.45) is 2.74. The minimum absolute atomic E-state index is 0.0846. The van der Waals surface area contributed by atoms with Crippen molar-refractivity contribution in [2.75, 3.05) is 6.26 Å². The number of hydrogen-bond acceptors (Lipinski definition) is 3. The zero-order chi connectivity index (χ0) is 15.4. The van der Waals surface area contributed by atoms with Crippen LogP contribution in [0.4, 0.5) is 0 Å². The smallest absolute Gasteiger partial charge is 0.110 e. The predicted molar refractivity (Wildman–Crippen MR) is 92.9 cm³/mol. The van der Waals surface area contributed by atoms with Crippen LogP contribution in [0, 0.1) is 11.3 Å². The fourth-order valence-corrected chi connectivity index (χ4v) is 3.35. The minimum Gasteiger partial charge on any atom is -0.245 e. The molecule has 1 heterocycles. The van der Waals surface area contributed by atoms with Gasteiger partial charge in [-0.1, -0.05) is 60.7 Å². The number of thioether (sulfide) groups is 1. The van der Waals surface area contributed by atoms with Crippen LogP contribution in [0.1, 0.15) is 23.5 Å². The molecule has 2 aromatic carbocycles. The van der Waals surface area contributed by atoms with Gasteiger partial charge in [-0.05, 0) is 17.4 Å². The molecule has 1 unspecified atom stereocenters. The Morgan fingerprint density at radius 2 is 1.68 bits per heavy atom. The Labute approximate surface area is 135 Å². The number of allylic oxidation sites excluding steroid dienone is 1. The van der Waals surface area contributed by atoms with Crippen LogP contribution in [0.15, 0.2) is 76.3 Å². The van der Waals surface area contributed by atoms with E-state index in [9.17, 15) is 5.26 Å². The van der Waals surface area contributed by atoms with Crippen molar-refractivity contribution < 1.29 is 0 Å². The summed E-state index contributed by atoms with van der Waals surface area (Å²) in [6, 6.07) is 22.8. The average molecular weight is 304 g/mol. The predicted octanol–water partition coefficient (Wildman–Crippen LogP) is 4.76. The maximum Gasteiger partial charge on any atom is 0.110 e. The van der Waals surface area contributed by atoms with Crippen molar-refractivity contribution in [3.63, 3.8) is 0 Å². The molecule has 0 fully saturated rings. The first kappa shape index (κ1) is 14.6. The minimum atomic E-state index is 0.0846. The lowest BCUT2D eigenvalue weighted by molar-refractivity contribution is 0.835. The number of nitriles is 1. The molecule has 0 aliphatic carbocycles. The second-order valence-electron chi connectivity index (χ2n) is 5.13. The summed E-state index contributed by atoms with van der Waals surface area (Å²) < 4.78 is 0. The van der Waals surface area contributed by atoms with Crippen LogP contribution < -0.4 is 0 Å². The molecule has 2 nitrogen and oxygen atoms in total. The van der Waals surface area contributed by atoms with Gasteiger partial charge in [0.2, 0.25) is 0 Å². The van der Waals surface area contributed by atoms with Gasteiger partial charge in [-0.25, -0.2) is 4.99 Å². The third-order valence-corrected chi connectivity index (χ3v) is 4.53. The normalized spacial score (nSPS) is 17.8. The second-order valence-corrected chi connectivity index (χ2v) is 5.92. The van der Waals surface area contributed by atoms with E-state index < -0.39 is 0 Å². The largest absolute Gasteiger partial charge is 0.245 e. The lowest BCUT2D eigenvalue weighted by Gasteiger charge is -2.24. The van der Waals surface area contributed by atoms with Crippen LogP contribution in [0.3, 0.4) is 0 Å². The Kier molecular flexibility index (Phi) is 4.41. The first-order valence-electron chi connectivity index (χ1n) is 7.19. The highest BCUT2D eigenvalue weighted by Gasteiger charge is 2.27. The van der Waals surface area contributed by atoms with Crippen LogP contribution in [0.25, 0.3) is 0 Å². The molecule has 0 amide bonds. The van der Waals surface area contributed by atoms with Gasteiger partial charge in [-0.3, -0.25) is 0 Å². The van der Waals surface area contributed by atoms with E-state index in [0.717, 1.165) is 28.3 Å². The first-order valence-corrected chi connectivity index (χ1v) is 8.42. The molecule has 1 aliphatic heterocycles. The van der Waals surface area contributed by atoms with Gasteiger partial charge in [0.25, 0.3) is 0 Å². The summed E-state index contributed by atoms with van der Waals surface area (Å²) in [7, 11) is 0. The molecule has 0 bridgehead atoms. The van der Waals surface area contributed by atoms with Gasteiger partial charge in [-0.2, -0.15) is 5.26 Å². The number of aliphatic imine (C=N–C) groups is 1. The van der Waals surface area contributed by atoms with E-state index in [1.54, 1.807) is 11.8 Å². The van der Waals surface area contributed by atoms with E-state index in [1.807, 2.05) is 42.7 Å². The van der Waals surface area contributed by atoms with Crippen LogP contribution >= 0.6 is 11.8 Å². The zero-order valence-corrected chi connectivity index (χ0v) is 13.2. The lowest BCUT2D eigenvalue weighted by Crippen LogP contribution is -2.16. The lowest BCUT2D eigenvalue weighted by atomic mass is 9.84. The molecule has 22 heavy (non-hydrogen) atoms. The molecule has 1 atom stereocenters. The van der Waals surface area contributed by atoms with Gasteiger partial charge in [0.05, 0.1) is 11.6 Å². The maximum absolute atomic E-state index is 9.59. The SMILES string of the molecule is CSC1=C(C#N)C(c2ccccc2)CC(c2ccccc2)=N1. The number of nitrogens with zero attached hydrogens (tertiary/aromatic N) is 2. The number of hydrogen-bond donors (Lipinski definition) is 0. The fraction of sp³-hybridized carbons (Fsp3) is 0.158. The number of rotatable bonds is 3. The maximum atomic E-state index is 9.59. The third kappa shape index (κ3) is 2.84. The molecule has 0 saturated carbocycles. The molecule has 0 saturated heterocycles. The molecule has 108 valence electrons.